The molecule has 2 fully saturated rings. The first-order valence-electron chi connectivity index (χ1n) is 8.17. The topological polar surface area (TPSA) is 32.3 Å². The molecule has 2 heterocycles. The first-order chi connectivity index (χ1) is 9.55. The van der Waals surface area contributed by atoms with Crippen LogP contribution in [0.25, 0.3) is 0 Å². The van der Waals surface area contributed by atoms with Gasteiger partial charge >= 0.3 is 0 Å². The Morgan fingerprint density at radius 2 is 1.60 bits per heavy atom. The Labute approximate surface area is 122 Å². The van der Waals surface area contributed by atoms with E-state index < -0.39 is 5.60 Å². The lowest BCUT2D eigenvalue weighted by Gasteiger charge is -2.40. The van der Waals surface area contributed by atoms with Crippen LogP contribution in [0.15, 0.2) is 12.1 Å². The van der Waals surface area contributed by atoms with Gasteiger partial charge in [-0.15, -0.1) is 0 Å². The minimum absolute atomic E-state index is 0.509. The predicted molar refractivity (Wildman–Crippen MR) is 83.0 cm³/mol. The van der Waals surface area contributed by atoms with Crippen molar-refractivity contribution in [2.45, 2.75) is 77.0 Å². The summed E-state index contributed by atoms with van der Waals surface area (Å²) < 4.78 is 0. The summed E-state index contributed by atoms with van der Waals surface area (Å²) >= 11 is 0. The van der Waals surface area contributed by atoms with Crippen molar-refractivity contribution < 1.29 is 5.11 Å². The normalized spacial score (nSPS) is 32.6. The van der Waals surface area contributed by atoms with Gasteiger partial charge in [0.05, 0.1) is 5.60 Å². The number of aryl methyl sites for hydroxylation is 3. The predicted octanol–water partition coefficient (Wildman–Crippen LogP) is 3.22. The lowest BCUT2D eigenvalue weighted by Crippen LogP contribution is -2.47. The average molecular weight is 273 g/mol. The Kier molecular flexibility index (Phi) is 3.64. The van der Waals surface area contributed by atoms with Crippen molar-refractivity contribution in [3.63, 3.8) is 0 Å². The Balaban J connectivity index is 2.08. The number of hydrogen-bond donors (Lipinski definition) is 2. The Bertz CT molecular complexity index is 471. The van der Waals surface area contributed by atoms with Gasteiger partial charge in [0.15, 0.2) is 0 Å². The van der Waals surface area contributed by atoms with E-state index in [-0.39, 0.29) is 0 Å². The fourth-order valence-electron chi connectivity index (χ4n) is 4.42. The molecule has 2 heteroatoms. The highest BCUT2D eigenvalue weighted by molar-refractivity contribution is 5.43. The number of hydrogen-bond acceptors (Lipinski definition) is 2. The van der Waals surface area contributed by atoms with Crippen molar-refractivity contribution in [3.05, 3.63) is 34.4 Å². The first kappa shape index (κ1) is 14.1. The SMILES string of the molecule is CCc1cc(C)cc(CC)c1C1(O)CC2CCC(C1)N2. The molecule has 1 aromatic carbocycles. The van der Waals surface area contributed by atoms with Gasteiger partial charge in [0.25, 0.3) is 0 Å². The molecule has 3 rings (SSSR count). The number of piperidine rings is 1. The third-order valence-corrected chi connectivity index (χ3v) is 5.18. The molecular formula is C18H27NO. The van der Waals surface area contributed by atoms with E-state index in [4.69, 9.17) is 0 Å². The molecule has 2 nitrogen and oxygen atoms in total. The van der Waals surface area contributed by atoms with Crippen LogP contribution in [0.3, 0.4) is 0 Å². The van der Waals surface area contributed by atoms with Crippen molar-refractivity contribution in [1.29, 1.82) is 0 Å². The van der Waals surface area contributed by atoms with Gasteiger partial charge in [-0.2, -0.15) is 0 Å². The van der Waals surface area contributed by atoms with Crippen molar-refractivity contribution in [1.82, 2.24) is 5.32 Å². The van der Waals surface area contributed by atoms with E-state index in [0.29, 0.717) is 12.1 Å². The molecule has 1 aromatic rings. The summed E-state index contributed by atoms with van der Waals surface area (Å²) in [6, 6.07) is 5.57. The lowest BCUT2D eigenvalue weighted by atomic mass is 9.76. The molecule has 0 aromatic heterocycles. The standard InChI is InChI=1S/C18H27NO/c1-4-13-8-12(3)9-14(5-2)17(13)18(20)10-15-6-7-16(11-18)19-15/h8-9,15-16,19-20H,4-7,10-11H2,1-3H3. The van der Waals surface area contributed by atoms with E-state index in [2.05, 4.69) is 38.2 Å². The summed E-state index contributed by atoms with van der Waals surface area (Å²) in [5.74, 6) is 0. The summed E-state index contributed by atoms with van der Waals surface area (Å²) in [4.78, 5) is 0. The summed E-state index contributed by atoms with van der Waals surface area (Å²) in [6.45, 7) is 6.58. The maximum absolute atomic E-state index is 11.4. The van der Waals surface area contributed by atoms with Crippen LogP contribution in [-0.2, 0) is 18.4 Å². The van der Waals surface area contributed by atoms with Crippen LogP contribution in [0, 0.1) is 6.92 Å². The summed E-state index contributed by atoms with van der Waals surface area (Å²) in [7, 11) is 0. The molecule has 2 bridgehead atoms. The fraction of sp³-hybridized carbons (Fsp3) is 0.667. The van der Waals surface area contributed by atoms with Crippen molar-refractivity contribution in [2.24, 2.45) is 0 Å². The van der Waals surface area contributed by atoms with E-state index >= 15 is 0 Å². The van der Waals surface area contributed by atoms with Gasteiger partial charge in [-0.05, 0) is 62.1 Å². The van der Waals surface area contributed by atoms with Crippen LogP contribution in [0.5, 0.6) is 0 Å². The molecule has 2 unspecified atom stereocenters. The van der Waals surface area contributed by atoms with E-state index in [1.165, 1.54) is 35.1 Å². The third-order valence-electron chi connectivity index (χ3n) is 5.18. The van der Waals surface area contributed by atoms with Crippen LogP contribution >= 0.6 is 0 Å². The zero-order valence-corrected chi connectivity index (χ0v) is 13.0. The van der Waals surface area contributed by atoms with Gasteiger partial charge in [-0.1, -0.05) is 31.5 Å². The molecule has 0 aliphatic carbocycles. The molecule has 0 radical (unpaired) electrons. The quantitative estimate of drug-likeness (QED) is 0.886. The Morgan fingerprint density at radius 3 is 2.05 bits per heavy atom. The minimum atomic E-state index is -0.610. The Hall–Kier alpha value is -0.860. The van der Waals surface area contributed by atoms with Crippen LogP contribution in [0.2, 0.25) is 0 Å². The molecule has 2 N–H and O–H groups in total. The minimum Gasteiger partial charge on any atom is -0.385 e. The van der Waals surface area contributed by atoms with Crippen molar-refractivity contribution in [2.75, 3.05) is 0 Å². The zero-order chi connectivity index (χ0) is 14.3. The van der Waals surface area contributed by atoms with Crippen LogP contribution in [0.1, 0.15) is 61.8 Å². The monoisotopic (exact) mass is 273 g/mol. The number of aliphatic hydroxyl groups is 1. The van der Waals surface area contributed by atoms with Gasteiger partial charge in [-0.3, -0.25) is 0 Å². The molecule has 20 heavy (non-hydrogen) atoms. The summed E-state index contributed by atoms with van der Waals surface area (Å²) in [5, 5.41) is 15.0. The maximum Gasteiger partial charge on any atom is 0.0931 e. The molecule has 0 spiro atoms. The second kappa shape index (κ2) is 5.16. The van der Waals surface area contributed by atoms with Gasteiger partial charge in [-0.25, -0.2) is 0 Å². The zero-order valence-electron chi connectivity index (χ0n) is 13.0. The fourth-order valence-corrected chi connectivity index (χ4v) is 4.42. The Morgan fingerprint density at radius 1 is 1.10 bits per heavy atom. The van der Waals surface area contributed by atoms with E-state index in [0.717, 1.165) is 25.7 Å². The van der Waals surface area contributed by atoms with E-state index in [1.807, 2.05) is 0 Å². The highest BCUT2D eigenvalue weighted by atomic mass is 16.3. The van der Waals surface area contributed by atoms with Crippen molar-refractivity contribution in [3.8, 4) is 0 Å². The maximum atomic E-state index is 11.4. The average Bonchev–Trinajstić information content (AvgIpc) is 2.77. The van der Waals surface area contributed by atoms with Gasteiger partial charge in [0, 0.05) is 12.1 Å². The van der Waals surface area contributed by atoms with Gasteiger partial charge in [0.1, 0.15) is 0 Å². The summed E-state index contributed by atoms with van der Waals surface area (Å²) in [6.07, 6.45) is 6.23. The number of benzene rings is 1. The molecule has 2 aliphatic heterocycles. The number of rotatable bonds is 3. The van der Waals surface area contributed by atoms with Crippen LogP contribution in [-0.4, -0.2) is 17.2 Å². The van der Waals surface area contributed by atoms with E-state index in [9.17, 15) is 5.11 Å². The molecular weight excluding hydrogens is 246 g/mol. The van der Waals surface area contributed by atoms with Crippen molar-refractivity contribution >= 4 is 0 Å². The van der Waals surface area contributed by atoms with Gasteiger partial charge < -0.3 is 10.4 Å². The van der Waals surface area contributed by atoms with E-state index in [1.54, 1.807) is 0 Å². The second-order valence-corrected chi connectivity index (χ2v) is 6.74. The second-order valence-electron chi connectivity index (χ2n) is 6.74. The molecule has 2 atom stereocenters. The summed E-state index contributed by atoms with van der Waals surface area (Å²) in [5.41, 5.74) is 4.67. The van der Waals surface area contributed by atoms with Crippen LogP contribution in [0.4, 0.5) is 0 Å². The highest BCUT2D eigenvalue weighted by Crippen LogP contribution is 2.43. The van der Waals surface area contributed by atoms with Crippen LogP contribution < -0.4 is 5.32 Å². The van der Waals surface area contributed by atoms with Gasteiger partial charge in [0.2, 0.25) is 0 Å². The molecule has 110 valence electrons. The number of fused-ring (bicyclic) bond motifs is 2. The molecule has 2 aliphatic rings. The smallest absolute Gasteiger partial charge is 0.0931 e. The molecule has 0 amide bonds. The first-order valence-corrected chi connectivity index (χ1v) is 8.17. The largest absolute Gasteiger partial charge is 0.385 e. The number of nitrogens with one attached hydrogen (secondary N) is 1. The lowest BCUT2D eigenvalue weighted by molar-refractivity contribution is -0.0128. The third kappa shape index (κ3) is 2.29. The molecule has 2 saturated heterocycles. The molecule has 0 saturated carbocycles. The highest BCUT2D eigenvalue weighted by Gasteiger charge is 2.45.